The first-order valence-electron chi connectivity index (χ1n) is 15.4. The monoisotopic (exact) mass is 617 g/mol. The van der Waals surface area contributed by atoms with Gasteiger partial charge < -0.3 is 28.7 Å². The molecule has 2 aromatic carbocycles. The van der Waals surface area contributed by atoms with Gasteiger partial charge in [-0.3, -0.25) is 14.6 Å². The van der Waals surface area contributed by atoms with Crippen LogP contribution in [0.3, 0.4) is 0 Å². The Morgan fingerprint density at radius 2 is 1.56 bits per heavy atom. The van der Waals surface area contributed by atoms with Crippen LogP contribution in [0.5, 0.6) is 17.2 Å². The van der Waals surface area contributed by atoms with E-state index in [1.165, 1.54) is 43.9 Å². The normalized spacial score (nSPS) is 14.1. The van der Waals surface area contributed by atoms with E-state index in [0.717, 1.165) is 37.7 Å². The zero-order valence-corrected chi connectivity index (χ0v) is 26.4. The predicted octanol–water partition coefficient (Wildman–Crippen LogP) is 5.38. The lowest BCUT2D eigenvalue weighted by Crippen LogP contribution is -2.43. The summed E-state index contributed by atoms with van der Waals surface area (Å²) in [7, 11) is 4.36. The number of nitrogens with zero attached hydrogens (tertiary/aromatic N) is 3. The molecule has 2 amide bonds. The van der Waals surface area contributed by atoms with Crippen molar-refractivity contribution in [3.8, 4) is 17.2 Å². The Morgan fingerprint density at radius 1 is 0.867 bits per heavy atom. The maximum absolute atomic E-state index is 13.4. The molecule has 1 aliphatic rings. The molecule has 3 aromatic rings. The number of ketones is 1. The van der Waals surface area contributed by atoms with Crippen LogP contribution >= 0.6 is 0 Å². The summed E-state index contributed by atoms with van der Waals surface area (Å²) in [4.78, 5) is 47.4. The highest BCUT2D eigenvalue weighted by atomic mass is 16.6. The van der Waals surface area contributed by atoms with Crippen molar-refractivity contribution in [3.63, 3.8) is 0 Å². The molecular weight excluding hydrogens is 574 g/mol. The van der Waals surface area contributed by atoms with E-state index in [2.05, 4.69) is 17.1 Å². The molecule has 0 radical (unpaired) electrons. The van der Waals surface area contributed by atoms with Gasteiger partial charge in [0.05, 0.1) is 27.4 Å². The third kappa shape index (κ3) is 9.20. The number of Topliss-reactive ketones (excluding diaryl/α,β-unsaturated/α-hetero) is 1. The second-order valence-corrected chi connectivity index (χ2v) is 11.0. The van der Waals surface area contributed by atoms with Gasteiger partial charge in [0.1, 0.15) is 6.61 Å². The van der Waals surface area contributed by atoms with E-state index in [-0.39, 0.29) is 29.7 Å². The van der Waals surface area contributed by atoms with Gasteiger partial charge in [0.15, 0.2) is 11.5 Å². The number of carbonyl (C=O) groups is 3. The Kier molecular flexibility index (Phi) is 12.6. The summed E-state index contributed by atoms with van der Waals surface area (Å²) in [5.74, 6) is -0.445. The van der Waals surface area contributed by atoms with Gasteiger partial charge in [-0.25, -0.2) is 4.79 Å². The molecule has 1 aromatic heterocycles. The highest BCUT2D eigenvalue weighted by molar-refractivity contribution is 6.43. The van der Waals surface area contributed by atoms with Crippen LogP contribution in [0.4, 0.5) is 4.79 Å². The molecule has 1 fully saturated rings. The summed E-state index contributed by atoms with van der Waals surface area (Å²) >= 11 is 0. The fraction of sp³-hybridized carbons (Fsp3) is 0.429. The van der Waals surface area contributed by atoms with Crippen LogP contribution in [0.2, 0.25) is 0 Å². The van der Waals surface area contributed by atoms with Gasteiger partial charge in [0.25, 0.3) is 11.7 Å². The van der Waals surface area contributed by atoms with E-state index >= 15 is 0 Å². The Balaban J connectivity index is 1.35. The average Bonchev–Trinajstić information content (AvgIpc) is 3.56. The Hall–Kier alpha value is -4.60. The number of rotatable bonds is 16. The topological polar surface area (TPSA) is 108 Å². The van der Waals surface area contributed by atoms with Crippen molar-refractivity contribution >= 4 is 17.8 Å². The number of methoxy groups -OCH3 is 3. The Bertz CT molecular complexity index is 1380. The van der Waals surface area contributed by atoms with Crippen LogP contribution in [0, 0.1) is 0 Å². The van der Waals surface area contributed by atoms with Gasteiger partial charge in [-0.15, -0.1) is 0 Å². The highest BCUT2D eigenvalue weighted by Gasteiger charge is 2.35. The molecule has 4 rings (SSSR count). The second-order valence-electron chi connectivity index (χ2n) is 11.0. The Labute approximate surface area is 265 Å². The minimum Gasteiger partial charge on any atom is -0.493 e. The molecule has 2 heterocycles. The van der Waals surface area contributed by atoms with Crippen LogP contribution in [0.15, 0.2) is 67.0 Å². The number of likely N-dealkylation sites (tertiary alicyclic amines) is 1. The number of carbonyl (C=O) groups excluding carboxylic acids is 3. The summed E-state index contributed by atoms with van der Waals surface area (Å²) in [5, 5.41) is 0. The van der Waals surface area contributed by atoms with Crippen molar-refractivity contribution in [2.75, 3.05) is 47.6 Å². The van der Waals surface area contributed by atoms with Gasteiger partial charge in [0, 0.05) is 37.6 Å². The number of aromatic nitrogens is 1. The average molecular weight is 618 g/mol. The lowest BCUT2D eigenvalue weighted by molar-refractivity contribution is -0.128. The van der Waals surface area contributed by atoms with Crippen molar-refractivity contribution in [2.45, 2.75) is 51.0 Å². The maximum atomic E-state index is 13.4. The first kappa shape index (κ1) is 33.3. The van der Waals surface area contributed by atoms with E-state index < -0.39 is 17.8 Å². The van der Waals surface area contributed by atoms with Crippen molar-refractivity contribution in [1.29, 1.82) is 0 Å². The molecule has 1 saturated heterocycles. The zero-order chi connectivity index (χ0) is 32.0. The first-order chi connectivity index (χ1) is 21.9. The molecule has 10 nitrogen and oxygen atoms in total. The molecule has 45 heavy (non-hydrogen) atoms. The number of amides is 2. The van der Waals surface area contributed by atoms with Crippen molar-refractivity contribution < 1.29 is 33.3 Å². The zero-order valence-electron chi connectivity index (χ0n) is 26.4. The van der Waals surface area contributed by atoms with Crippen LogP contribution in [-0.2, 0) is 22.4 Å². The van der Waals surface area contributed by atoms with E-state index in [1.807, 2.05) is 36.5 Å². The minimum atomic E-state index is -0.692. The minimum absolute atomic E-state index is 0.0240. The SMILES string of the molecule is COc1cc(C(=O)C(=O)N2CCC[C@H]2COC(=O)N(CCCCc2ccccc2)CCCc2cccnc2)cc(OC)c1OC. The number of hydrogen-bond acceptors (Lipinski definition) is 8. The summed E-state index contributed by atoms with van der Waals surface area (Å²) < 4.78 is 21.8. The van der Waals surface area contributed by atoms with E-state index in [9.17, 15) is 14.4 Å². The number of benzene rings is 2. The number of ether oxygens (including phenoxy) is 4. The molecule has 0 unspecified atom stereocenters. The summed E-state index contributed by atoms with van der Waals surface area (Å²) in [6.45, 7) is 1.55. The van der Waals surface area contributed by atoms with Gasteiger partial charge in [-0.1, -0.05) is 36.4 Å². The molecule has 240 valence electrons. The molecule has 0 aliphatic carbocycles. The number of hydrogen-bond donors (Lipinski definition) is 0. The lowest BCUT2D eigenvalue weighted by atomic mass is 10.1. The standard InChI is InChI=1S/C35H43N3O7/c1-42-30-22-28(23-31(43-2)33(30)44-3)32(39)34(40)38-21-11-17-29(38)25-45-35(41)37(20-10-16-27-15-9-18-36-24-27)19-8-7-14-26-12-5-4-6-13-26/h4-6,9,12-13,15,18,22-24,29H,7-8,10-11,14,16-17,19-21,25H2,1-3H3/t29-/m0/s1. The fourth-order valence-electron chi connectivity index (χ4n) is 5.59. The second kappa shape index (κ2) is 17.0. The molecule has 1 atom stereocenters. The quantitative estimate of drug-likeness (QED) is 0.120. The lowest BCUT2D eigenvalue weighted by Gasteiger charge is -2.26. The van der Waals surface area contributed by atoms with Gasteiger partial charge in [0.2, 0.25) is 5.75 Å². The van der Waals surface area contributed by atoms with Crippen LogP contribution in [-0.4, -0.2) is 86.2 Å². The van der Waals surface area contributed by atoms with Gasteiger partial charge in [-0.2, -0.15) is 0 Å². The van der Waals surface area contributed by atoms with Crippen molar-refractivity contribution in [2.24, 2.45) is 0 Å². The predicted molar refractivity (Wildman–Crippen MR) is 170 cm³/mol. The molecular formula is C35H43N3O7. The molecule has 0 saturated carbocycles. The summed E-state index contributed by atoms with van der Waals surface area (Å²) in [6, 6.07) is 16.8. The number of pyridine rings is 1. The third-order valence-corrected chi connectivity index (χ3v) is 8.02. The number of aryl methyl sites for hydroxylation is 2. The van der Waals surface area contributed by atoms with Crippen molar-refractivity contribution in [1.82, 2.24) is 14.8 Å². The summed E-state index contributed by atoms with van der Waals surface area (Å²) in [6.07, 6.45) is 8.84. The van der Waals surface area contributed by atoms with Crippen LogP contribution < -0.4 is 14.2 Å². The molecule has 1 aliphatic heterocycles. The molecule has 10 heteroatoms. The molecule has 0 spiro atoms. The first-order valence-corrected chi connectivity index (χ1v) is 15.4. The largest absolute Gasteiger partial charge is 0.493 e. The summed E-state index contributed by atoms with van der Waals surface area (Å²) in [5.41, 5.74) is 2.52. The maximum Gasteiger partial charge on any atom is 0.409 e. The smallest absolute Gasteiger partial charge is 0.409 e. The molecule has 0 N–H and O–H groups in total. The highest BCUT2D eigenvalue weighted by Crippen LogP contribution is 2.38. The van der Waals surface area contributed by atoms with Gasteiger partial charge >= 0.3 is 6.09 Å². The molecule has 0 bridgehead atoms. The van der Waals surface area contributed by atoms with E-state index in [4.69, 9.17) is 18.9 Å². The third-order valence-electron chi connectivity index (χ3n) is 8.02. The van der Waals surface area contributed by atoms with Crippen LogP contribution in [0.1, 0.15) is 53.6 Å². The van der Waals surface area contributed by atoms with Crippen LogP contribution in [0.25, 0.3) is 0 Å². The van der Waals surface area contributed by atoms with E-state index in [1.54, 1.807) is 11.1 Å². The van der Waals surface area contributed by atoms with E-state index in [0.29, 0.717) is 38.2 Å². The fourth-order valence-corrected chi connectivity index (χ4v) is 5.59. The van der Waals surface area contributed by atoms with Gasteiger partial charge in [-0.05, 0) is 74.3 Å². The van der Waals surface area contributed by atoms with Crippen molar-refractivity contribution in [3.05, 3.63) is 83.7 Å². The Morgan fingerprint density at radius 3 is 2.22 bits per heavy atom. The number of unbranched alkanes of at least 4 members (excludes halogenated alkanes) is 1.